The summed E-state index contributed by atoms with van der Waals surface area (Å²) in [5, 5.41) is 0. The summed E-state index contributed by atoms with van der Waals surface area (Å²) in [6.45, 7) is 5.28. The molecule has 2 aliphatic heterocycles. The summed E-state index contributed by atoms with van der Waals surface area (Å²) < 4.78 is 5.65. The summed E-state index contributed by atoms with van der Waals surface area (Å²) in [7, 11) is 4.00. The molecule has 0 N–H and O–H groups in total. The van der Waals surface area contributed by atoms with Crippen molar-refractivity contribution in [2.75, 3.05) is 20.7 Å². The smallest absolute Gasteiger partial charge is 0.254 e. The molecule has 2 aliphatic rings. The number of benzene rings is 1. The van der Waals surface area contributed by atoms with Crippen LogP contribution in [-0.4, -0.2) is 42.0 Å². The molecule has 1 atom stereocenters. The van der Waals surface area contributed by atoms with E-state index in [0.717, 1.165) is 25.9 Å². The Balaban J connectivity index is 1.69. The zero-order chi connectivity index (χ0) is 15.0. The van der Waals surface area contributed by atoms with Crippen LogP contribution in [0.25, 0.3) is 0 Å². The highest BCUT2D eigenvalue weighted by Gasteiger charge is 2.39. The highest BCUT2D eigenvalue weighted by molar-refractivity contribution is 5.84. The lowest BCUT2D eigenvalue weighted by Gasteiger charge is -2.28. The van der Waals surface area contributed by atoms with Crippen LogP contribution >= 0.6 is 0 Å². The highest BCUT2D eigenvalue weighted by Crippen LogP contribution is 2.28. The van der Waals surface area contributed by atoms with Crippen molar-refractivity contribution in [1.29, 1.82) is 0 Å². The molecule has 2 heterocycles. The standard InChI is InChI=1S/C17H24N2O2/c1-17(7-4-8-21-17)16(20)19(3)10-13-5-6-14-11-18(2)12-15(14)9-13/h5-6,9H,4,7-8,10-12H2,1-3H3. The number of rotatable bonds is 3. The molecule has 1 fully saturated rings. The molecule has 0 radical (unpaired) electrons. The van der Waals surface area contributed by atoms with Crippen LogP contribution in [0.3, 0.4) is 0 Å². The van der Waals surface area contributed by atoms with E-state index in [1.54, 1.807) is 4.90 Å². The second kappa shape index (κ2) is 5.43. The molecular formula is C17H24N2O2. The third-order valence-corrected chi connectivity index (χ3v) is 4.59. The lowest BCUT2D eigenvalue weighted by Crippen LogP contribution is -2.44. The van der Waals surface area contributed by atoms with Crippen molar-refractivity contribution in [2.24, 2.45) is 0 Å². The minimum absolute atomic E-state index is 0.0950. The maximum atomic E-state index is 12.5. The molecule has 0 bridgehead atoms. The number of hydrogen-bond donors (Lipinski definition) is 0. The van der Waals surface area contributed by atoms with Crippen LogP contribution < -0.4 is 0 Å². The summed E-state index contributed by atoms with van der Waals surface area (Å²) in [5.74, 6) is 0.0950. The van der Waals surface area contributed by atoms with Gasteiger partial charge in [-0.1, -0.05) is 18.2 Å². The number of ether oxygens (including phenoxy) is 1. The van der Waals surface area contributed by atoms with Crippen molar-refractivity contribution in [3.63, 3.8) is 0 Å². The van der Waals surface area contributed by atoms with E-state index in [2.05, 4.69) is 30.1 Å². The van der Waals surface area contributed by atoms with E-state index < -0.39 is 5.60 Å². The van der Waals surface area contributed by atoms with Gasteiger partial charge in [0.2, 0.25) is 0 Å². The summed E-state index contributed by atoms with van der Waals surface area (Å²) in [5.41, 5.74) is 3.37. The lowest BCUT2D eigenvalue weighted by molar-refractivity contribution is -0.150. The molecule has 1 aromatic rings. The first-order valence-electron chi connectivity index (χ1n) is 7.67. The molecule has 3 rings (SSSR count). The summed E-state index contributed by atoms with van der Waals surface area (Å²) >= 11 is 0. The van der Waals surface area contributed by atoms with Gasteiger partial charge >= 0.3 is 0 Å². The Morgan fingerprint density at radius 3 is 2.86 bits per heavy atom. The Morgan fingerprint density at radius 1 is 1.38 bits per heavy atom. The number of hydrogen-bond acceptors (Lipinski definition) is 3. The molecular weight excluding hydrogens is 264 g/mol. The van der Waals surface area contributed by atoms with E-state index in [4.69, 9.17) is 4.74 Å². The van der Waals surface area contributed by atoms with Crippen LogP contribution in [0.4, 0.5) is 0 Å². The second-order valence-electron chi connectivity index (χ2n) is 6.62. The predicted molar refractivity (Wildman–Crippen MR) is 81.7 cm³/mol. The molecule has 1 saturated heterocycles. The molecule has 1 amide bonds. The van der Waals surface area contributed by atoms with Crippen LogP contribution in [0.15, 0.2) is 18.2 Å². The normalized spacial score (nSPS) is 25.1. The van der Waals surface area contributed by atoms with Gasteiger partial charge in [-0.05, 0) is 43.5 Å². The SMILES string of the molecule is CN1Cc2ccc(CN(C)C(=O)C3(C)CCCO3)cc2C1. The first kappa shape index (κ1) is 14.5. The topological polar surface area (TPSA) is 32.8 Å². The maximum Gasteiger partial charge on any atom is 0.254 e. The van der Waals surface area contributed by atoms with Gasteiger partial charge in [0, 0.05) is 33.3 Å². The number of fused-ring (bicyclic) bond motifs is 1. The molecule has 21 heavy (non-hydrogen) atoms. The van der Waals surface area contributed by atoms with Crippen LogP contribution in [0.5, 0.6) is 0 Å². The molecule has 0 aliphatic carbocycles. The molecule has 4 nitrogen and oxygen atoms in total. The summed E-state index contributed by atoms with van der Waals surface area (Å²) in [4.78, 5) is 16.6. The van der Waals surface area contributed by atoms with Gasteiger partial charge in [-0.3, -0.25) is 9.69 Å². The summed E-state index contributed by atoms with van der Waals surface area (Å²) in [6, 6.07) is 6.57. The van der Waals surface area contributed by atoms with Gasteiger partial charge in [0.05, 0.1) is 0 Å². The number of amides is 1. The monoisotopic (exact) mass is 288 g/mol. The van der Waals surface area contributed by atoms with E-state index in [0.29, 0.717) is 13.2 Å². The van der Waals surface area contributed by atoms with Crippen molar-refractivity contribution in [3.05, 3.63) is 34.9 Å². The fourth-order valence-electron chi connectivity index (χ4n) is 3.41. The Bertz CT molecular complexity index is 550. The first-order chi connectivity index (χ1) is 9.98. The average molecular weight is 288 g/mol. The second-order valence-corrected chi connectivity index (χ2v) is 6.62. The molecule has 114 valence electrons. The van der Waals surface area contributed by atoms with Gasteiger partial charge in [0.25, 0.3) is 5.91 Å². The fraction of sp³-hybridized carbons (Fsp3) is 0.588. The average Bonchev–Trinajstić information content (AvgIpc) is 3.03. The van der Waals surface area contributed by atoms with Crippen LogP contribution in [0.2, 0.25) is 0 Å². The van der Waals surface area contributed by atoms with Gasteiger partial charge in [-0.2, -0.15) is 0 Å². The largest absolute Gasteiger partial charge is 0.365 e. The van der Waals surface area contributed by atoms with Gasteiger partial charge in [0.1, 0.15) is 5.60 Å². The van der Waals surface area contributed by atoms with Crippen molar-refractivity contribution in [2.45, 2.75) is 45.0 Å². The van der Waals surface area contributed by atoms with Gasteiger partial charge in [-0.15, -0.1) is 0 Å². The Hall–Kier alpha value is -1.39. The number of carbonyl (C=O) groups excluding carboxylic acids is 1. The lowest BCUT2D eigenvalue weighted by atomic mass is 10.0. The van der Waals surface area contributed by atoms with E-state index >= 15 is 0 Å². The molecule has 0 saturated carbocycles. The van der Waals surface area contributed by atoms with Gasteiger partial charge in [0.15, 0.2) is 0 Å². The minimum Gasteiger partial charge on any atom is -0.365 e. The van der Waals surface area contributed by atoms with Crippen LogP contribution in [0, 0.1) is 0 Å². The minimum atomic E-state index is -0.619. The highest BCUT2D eigenvalue weighted by atomic mass is 16.5. The third-order valence-electron chi connectivity index (χ3n) is 4.59. The quantitative estimate of drug-likeness (QED) is 0.854. The maximum absolute atomic E-state index is 12.5. The molecule has 0 spiro atoms. The Labute approximate surface area is 126 Å². The zero-order valence-corrected chi connectivity index (χ0v) is 13.2. The number of carbonyl (C=O) groups is 1. The summed E-state index contributed by atoms with van der Waals surface area (Å²) in [6.07, 6.45) is 1.80. The first-order valence-corrected chi connectivity index (χ1v) is 7.67. The van der Waals surface area contributed by atoms with Gasteiger partial charge in [-0.25, -0.2) is 0 Å². The predicted octanol–water partition coefficient (Wildman–Crippen LogP) is 2.16. The number of likely N-dealkylation sites (N-methyl/N-ethyl adjacent to an activating group) is 1. The van der Waals surface area contributed by atoms with Crippen molar-refractivity contribution in [1.82, 2.24) is 9.80 Å². The van der Waals surface area contributed by atoms with E-state index in [-0.39, 0.29) is 5.91 Å². The molecule has 1 aromatic carbocycles. The number of nitrogens with zero attached hydrogens (tertiary/aromatic N) is 2. The van der Waals surface area contributed by atoms with Crippen molar-refractivity contribution < 1.29 is 9.53 Å². The molecule has 0 aromatic heterocycles. The van der Waals surface area contributed by atoms with Crippen molar-refractivity contribution in [3.8, 4) is 0 Å². The van der Waals surface area contributed by atoms with Crippen molar-refractivity contribution >= 4 is 5.91 Å². The Kier molecular flexibility index (Phi) is 3.76. The van der Waals surface area contributed by atoms with E-state index in [1.165, 1.54) is 16.7 Å². The Morgan fingerprint density at radius 2 is 2.14 bits per heavy atom. The molecule has 1 unspecified atom stereocenters. The fourth-order valence-corrected chi connectivity index (χ4v) is 3.41. The van der Waals surface area contributed by atoms with E-state index in [1.807, 2.05) is 14.0 Å². The van der Waals surface area contributed by atoms with Gasteiger partial charge < -0.3 is 9.64 Å². The van der Waals surface area contributed by atoms with E-state index in [9.17, 15) is 4.79 Å². The molecule has 4 heteroatoms. The van der Waals surface area contributed by atoms with Crippen LogP contribution in [-0.2, 0) is 29.2 Å². The zero-order valence-electron chi connectivity index (χ0n) is 13.2. The van der Waals surface area contributed by atoms with Crippen LogP contribution in [0.1, 0.15) is 36.5 Å². The third kappa shape index (κ3) is 2.83.